The Bertz CT molecular complexity index is 409. The smallest absolute Gasteiger partial charge is 0.246 e. The molecule has 20 heavy (non-hydrogen) atoms. The van der Waals surface area contributed by atoms with Crippen LogP contribution in [0.3, 0.4) is 0 Å². The van der Waals surface area contributed by atoms with Crippen LogP contribution in [0.1, 0.15) is 58.8 Å². The third-order valence-corrected chi connectivity index (χ3v) is 5.23. The maximum Gasteiger partial charge on any atom is 0.246 e. The summed E-state index contributed by atoms with van der Waals surface area (Å²) in [6.45, 7) is 5.01. The standard InChI is InChI=1S/C16H26N2O2/c1-3-7-11-10-14(11)18-12(4-2)15(19)17-9-6-5-8-13(17)16(18)20/h11-14H,3-10H2,1-2H3. The van der Waals surface area contributed by atoms with Gasteiger partial charge in [-0.15, -0.1) is 0 Å². The monoisotopic (exact) mass is 278 g/mol. The second-order valence-corrected chi connectivity index (χ2v) is 6.56. The van der Waals surface area contributed by atoms with E-state index < -0.39 is 0 Å². The number of carbonyl (C=O) groups is 2. The first-order valence-corrected chi connectivity index (χ1v) is 8.31. The summed E-state index contributed by atoms with van der Waals surface area (Å²) >= 11 is 0. The van der Waals surface area contributed by atoms with Crippen molar-refractivity contribution in [1.29, 1.82) is 0 Å². The van der Waals surface area contributed by atoms with Crippen LogP contribution in [0.25, 0.3) is 0 Å². The summed E-state index contributed by atoms with van der Waals surface area (Å²) in [7, 11) is 0. The van der Waals surface area contributed by atoms with Crippen LogP contribution in [0.4, 0.5) is 0 Å². The van der Waals surface area contributed by atoms with Gasteiger partial charge in [0.25, 0.3) is 0 Å². The molecule has 4 nitrogen and oxygen atoms in total. The summed E-state index contributed by atoms with van der Waals surface area (Å²) in [5.74, 6) is 1.08. The molecule has 4 atom stereocenters. The fourth-order valence-corrected chi connectivity index (χ4v) is 4.11. The molecule has 0 aromatic rings. The molecule has 4 unspecified atom stereocenters. The Morgan fingerprint density at radius 2 is 1.95 bits per heavy atom. The van der Waals surface area contributed by atoms with Crippen LogP contribution in [0.5, 0.6) is 0 Å². The molecule has 2 saturated heterocycles. The predicted octanol–water partition coefficient (Wildman–Crippen LogP) is 2.18. The van der Waals surface area contributed by atoms with Gasteiger partial charge in [0.05, 0.1) is 0 Å². The molecule has 0 spiro atoms. The van der Waals surface area contributed by atoms with Gasteiger partial charge in [0, 0.05) is 12.6 Å². The summed E-state index contributed by atoms with van der Waals surface area (Å²) < 4.78 is 0. The van der Waals surface area contributed by atoms with Gasteiger partial charge in [0.1, 0.15) is 12.1 Å². The third kappa shape index (κ3) is 2.13. The van der Waals surface area contributed by atoms with E-state index in [-0.39, 0.29) is 23.9 Å². The molecule has 2 amide bonds. The Morgan fingerprint density at radius 3 is 2.65 bits per heavy atom. The van der Waals surface area contributed by atoms with Crippen LogP contribution < -0.4 is 0 Å². The minimum absolute atomic E-state index is 0.151. The van der Waals surface area contributed by atoms with Crippen molar-refractivity contribution in [1.82, 2.24) is 9.80 Å². The molecule has 4 heteroatoms. The molecule has 3 fully saturated rings. The molecule has 2 heterocycles. The molecule has 3 aliphatic rings. The first-order valence-electron chi connectivity index (χ1n) is 8.31. The van der Waals surface area contributed by atoms with Crippen LogP contribution in [-0.2, 0) is 9.59 Å². The lowest BCUT2D eigenvalue weighted by Crippen LogP contribution is -2.66. The second-order valence-electron chi connectivity index (χ2n) is 6.56. The number of nitrogens with zero attached hydrogens (tertiary/aromatic N) is 2. The maximum absolute atomic E-state index is 12.8. The fraction of sp³-hybridized carbons (Fsp3) is 0.875. The van der Waals surface area contributed by atoms with E-state index in [9.17, 15) is 9.59 Å². The lowest BCUT2D eigenvalue weighted by Gasteiger charge is -2.47. The lowest BCUT2D eigenvalue weighted by atomic mass is 9.94. The Hall–Kier alpha value is -1.06. The normalized spacial score (nSPS) is 37.1. The van der Waals surface area contributed by atoms with Gasteiger partial charge in [-0.25, -0.2) is 0 Å². The summed E-state index contributed by atoms with van der Waals surface area (Å²) in [6.07, 6.45) is 7.21. The molecule has 1 saturated carbocycles. The van der Waals surface area contributed by atoms with Gasteiger partial charge in [-0.2, -0.15) is 0 Å². The number of piperazine rings is 1. The van der Waals surface area contributed by atoms with E-state index in [4.69, 9.17) is 0 Å². The Morgan fingerprint density at radius 1 is 1.15 bits per heavy atom. The number of piperidine rings is 1. The van der Waals surface area contributed by atoms with Crippen LogP contribution in [0.2, 0.25) is 0 Å². The van der Waals surface area contributed by atoms with Crippen LogP contribution in [0, 0.1) is 5.92 Å². The van der Waals surface area contributed by atoms with Crippen LogP contribution in [-0.4, -0.2) is 46.3 Å². The van der Waals surface area contributed by atoms with Gasteiger partial charge in [-0.3, -0.25) is 9.59 Å². The Kier molecular flexibility index (Phi) is 3.74. The molecular weight excluding hydrogens is 252 g/mol. The third-order valence-electron chi connectivity index (χ3n) is 5.23. The summed E-state index contributed by atoms with van der Waals surface area (Å²) in [5.41, 5.74) is 0. The maximum atomic E-state index is 12.8. The van der Waals surface area contributed by atoms with Crippen molar-refractivity contribution in [2.75, 3.05) is 6.54 Å². The van der Waals surface area contributed by atoms with Crippen molar-refractivity contribution in [2.24, 2.45) is 5.92 Å². The highest BCUT2D eigenvalue weighted by atomic mass is 16.2. The molecule has 1 aliphatic carbocycles. The molecule has 0 aromatic heterocycles. The van der Waals surface area contributed by atoms with E-state index in [1.165, 1.54) is 12.8 Å². The molecule has 0 N–H and O–H groups in total. The summed E-state index contributed by atoms with van der Waals surface area (Å²) in [4.78, 5) is 29.4. The highest BCUT2D eigenvalue weighted by molar-refractivity contribution is 5.97. The quantitative estimate of drug-likeness (QED) is 0.791. The average Bonchev–Trinajstić information content (AvgIpc) is 3.22. The second kappa shape index (κ2) is 5.38. The van der Waals surface area contributed by atoms with Gasteiger partial charge in [0.15, 0.2) is 0 Å². The highest BCUT2D eigenvalue weighted by Crippen LogP contribution is 2.43. The van der Waals surface area contributed by atoms with Crippen LogP contribution >= 0.6 is 0 Å². The Labute approximate surface area is 121 Å². The first-order chi connectivity index (χ1) is 9.69. The first kappa shape index (κ1) is 13.9. The average molecular weight is 278 g/mol. The van der Waals surface area contributed by atoms with Gasteiger partial charge >= 0.3 is 0 Å². The van der Waals surface area contributed by atoms with Crippen molar-refractivity contribution in [3.05, 3.63) is 0 Å². The van der Waals surface area contributed by atoms with E-state index in [0.717, 1.165) is 38.6 Å². The van der Waals surface area contributed by atoms with Crippen LogP contribution in [0.15, 0.2) is 0 Å². The molecule has 0 radical (unpaired) electrons. The zero-order valence-electron chi connectivity index (χ0n) is 12.7. The molecule has 3 rings (SSSR count). The van der Waals surface area contributed by atoms with Gasteiger partial charge < -0.3 is 9.80 Å². The number of hydrogen-bond acceptors (Lipinski definition) is 2. The number of fused-ring (bicyclic) bond motifs is 1. The fourth-order valence-electron chi connectivity index (χ4n) is 4.11. The zero-order valence-corrected chi connectivity index (χ0v) is 12.7. The zero-order chi connectivity index (χ0) is 14.3. The number of carbonyl (C=O) groups excluding carboxylic acids is 2. The largest absolute Gasteiger partial charge is 0.329 e. The van der Waals surface area contributed by atoms with Gasteiger partial charge in [0.2, 0.25) is 11.8 Å². The SMILES string of the molecule is CCCC1CC1N1C(=O)C2CCCCN2C(=O)C1CC. The lowest BCUT2D eigenvalue weighted by molar-refractivity contribution is -0.164. The van der Waals surface area contributed by atoms with Gasteiger partial charge in [-0.05, 0) is 44.4 Å². The van der Waals surface area contributed by atoms with Crippen molar-refractivity contribution < 1.29 is 9.59 Å². The van der Waals surface area contributed by atoms with Gasteiger partial charge in [-0.1, -0.05) is 20.3 Å². The molecule has 2 aliphatic heterocycles. The number of amides is 2. The highest BCUT2D eigenvalue weighted by Gasteiger charge is 2.53. The Balaban J connectivity index is 1.81. The number of rotatable bonds is 4. The molecular formula is C16H26N2O2. The molecule has 0 bridgehead atoms. The number of hydrogen-bond donors (Lipinski definition) is 0. The predicted molar refractivity (Wildman–Crippen MR) is 77.1 cm³/mol. The van der Waals surface area contributed by atoms with Crippen molar-refractivity contribution >= 4 is 11.8 Å². The van der Waals surface area contributed by atoms with E-state index in [0.29, 0.717) is 12.0 Å². The minimum Gasteiger partial charge on any atom is -0.329 e. The van der Waals surface area contributed by atoms with Crippen molar-refractivity contribution in [3.8, 4) is 0 Å². The topological polar surface area (TPSA) is 40.6 Å². The van der Waals surface area contributed by atoms with E-state index in [1.807, 2.05) is 16.7 Å². The molecule has 112 valence electrons. The van der Waals surface area contributed by atoms with E-state index in [1.54, 1.807) is 0 Å². The van der Waals surface area contributed by atoms with Crippen molar-refractivity contribution in [2.45, 2.75) is 76.9 Å². The van der Waals surface area contributed by atoms with E-state index >= 15 is 0 Å². The van der Waals surface area contributed by atoms with Crippen molar-refractivity contribution in [3.63, 3.8) is 0 Å². The molecule has 0 aromatic carbocycles. The van der Waals surface area contributed by atoms with E-state index in [2.05, 4.69) is 6.92 Å². The summed E-state index contributed by atoms with van der Waals surface area (Å²) in [5, 5.41) is 0. The summed E-state index contributed by atoms with van der Waals surface area (Å²) in [6, 6.07) is 0.00561. The minimum atomic E-state index is -0.191.